The molecular formula is C35H35ClF6N6O. The van der Waals surface area contributed by atoms with E-state index in [0.29, 0.717) is 49.4 Å². The average molecular weight is 705 g/mol. The number of nitrogens with two attached hydrogens (primary N) is 1. The summed E-state index contributed by atoms with van der Waals surface area (Å²) in [7, 11) is 0. The molecule has 14 heteroatoms. The number of halogens is 7. The number of aromatic nitrogens is 2. The first-order valence-corrected chi connectivity index (χ1v) is 17.2. The number of alkyl halides is 5. The molecule has 4 saturated heterocycles. The molecule has 260 valence electrons. The maximum atomic E-state index is 17.2. The first-order chi connectivity index (χ1) is 23.1. The molecule has 2 aromatic carbocycles. The molecule has 5 aliphatic heterocycles. The molecule has 6 heterocycles. The van der Waals surface area contributed by atoms with Crippen LogP contribution in [0.4, 0.5) is 37.8 Å². The van der Waals surface area contributed by atoms with E-state index in [4.69, 9.17) is 27.1 Å². The Kier molecular flexibility index (Phi) is 6.57. The molecule has 6 aliphatic rings. The molecule has 49 heavy (non-hydrogen) atoms. The van der Waals surface area contributed by atoms with Gasteiger partial charge in [-0.05, 0) is 75.3 Å². The maximum absolute atomic E-state index is 17.2. The molecule has 1 aliphatic carbocycles. The van der Waals surface area contributed by atoms with Crippen molar-refractivity contribution >= 4 is 39.6 Å². The number of ether oxygens (including phenoxy) is 1. The van der Waals surface area contributed by atoms with Crippen molar-refractivity contribution in [2.45, 2.75) is 87.6 Å². The van der Waals surface area contributed by atoms with Crippen molar-refractivity contribution in [3.05, 3.63) is 46.2 Å². The Labute approximate surface area is 283 Å². The molecule has 1 aromatic heterocycles. The highest BCUT2D eigenvalue weighted by atomic mass is 35.5. The highest BCUT2D eigenvalue weighted by Crippen LogP contribution is 2.69. The van der Waals surface area contributed by atoms with Crippen LogP contribution in [0, 0.1) is 18.2 Å². The topological polar surface area (TPSA) is 79.5 Å². The molecule has 7 nitrogen and oxygen atoms in total. The average Bonchev–Trinajstić information content (AvgIpc) is 3.34. The number of nitrogen functional groups attached to an aromatic ring is 1. The zero-order valence-electron chi connectivity index (χ0n) is 26.8. The number of nitrogens with zero attached hydrogens (tertiary/aromatic N) is 4. The lowest BCUT2D eigenvalue weighted by Crippen LogP contribution is -2.58. The van der Waals surface area contributed by atoms with E-state index in [2.05, 4.69) is 26.7 Å². The molecule has 3 N–H and O–H groups in total. The van der Waals surface area contributed by atoms with Crippen LogP contribution in [0.5, 0.6) is 6.01 Å². The van der Waals surface area contributed by atoms with E-state index in [0.717, 1.165) is 25.3 Å². The van der Waals surface area contributed by atoms with Crippen molar-refractivity contribution < 1.29 is 31.1 Å². The number of nitrogens with one attached hydrogen (secondary N) is 1. The minimum Gasteiger partial charge on any atom is -0.461 e. The van der Waals surface area contributed by atoms with E-state index >= 15 is 4.39 Å². The van der Waals surface area contributed by atoms with E-state index in [9.17, 15) is 22.0 Å². The number of benzene rings is 2. The summed E-state index contributed by atoms with van der Waals surface area (Å²) in [5, 5.41) is 3.69. The van der Waals surface area contributed by atoms with Gasteiger partial charge in [-0.1, -0.05) is 18.2 Å². The summed E-state index contributed by atoms with van der Waals surface area (Å²) in [6.07, 6.45) is -0.942. The van der Waals surface area contributed by atoms with Gasteiger partial charge in [-0.3, -0.25) is 4.90 Å². The molecule has 5 atom stereocenters. The number of rotatable bonds is 4. The Morgan fingerprint density at radius 1 is 1.16 bits per heavy atom. The molecule has 0 radical (unpaired) electrons. The summed E-state index contributed by atoms with van der Waals surface area (Å²) in [5.74, 6) is -3.40. The Bertz CT molecular complexity index is 1970. The predicted molar refractivity (Wildman–Crippen MR) is 174 cm³/mol. The van der Waals surface area contributed by atoms with Gasteiger partial charge < -0.3 is 20.7 Å². The van der Waals surface area contributed by atoms with Crippen LogP contribution in [0.3, 0.4) is 0 Å². The van der Waals surface area contributed by atoms with Crippen molar-refractivity contribution in [1.29, 1.82) is 0 Å². The van der Waals surface area contributed by atoms with E-state index in [1.54, 1.807) is 0 Å². The lowest BCUT2D eigenvalue weighted by atomic mass is 9.89. The minimum absolute atomic E-state index is 0.0170. The number of anilines is 2. The van der Waals surface area contributed by atoms with Crippen molar-refractivity contribution in [3.8, 4) is 17.1 Å². The van der Waals surface area contributed by atoms with E-state index < -0.39 is 45.6 Å². The third-order valence-corrected chi connectivity index (χ3v) is 12.5. The lowest BCUT2D eigenvalue weighted by Gasteiger charge is -2.41. The zero-order valence-corrected chi connectivity index (χ0v) is 27.5. The second kappa shape index (κ2) is 10.2. The smallest absolute Gasteiger partial charge is 0.417 e. The van der Waals surface area contributed by atoms with Gasteiger partial charge >= 0.3 is 12.2 Å². The summed E-state index contributed by atoms with van der Waals surface area (Å²) in [4.78, 5) is 13.6. The number of piperazine rings is 1. The van der Waals surface area contributed by atoms with Gasteiger partial charge in [-0.25, -0.2) is 13.2 Å². The largest absolute Gasteiger partial charge is 0.461 e. The van der Waals surface area contributed by atoms with Gasteiger partial charge in [0, 0.05) is 60.0 Å². The SMILES string of the molecule is C=C1C[C@@H]2C3CC[C@H](CN2c2nc(OC[C@@]45CCCN4C[C@@]4(CC4(F)F)C5)nc4c(F)c(-c5cc(N)cc(C)c5C(F)(F)F)c(Cl)c1c24)N3. The van der Waals surface area contributed by atoms with E-state index in [1.165, 1.54) is 13.0 Å². The Morgan fingerprint density at radius 2 is 1.94 bits per heavy atom. The van der Waals surface area contributed by atoms with Gasteiger partial charge in [-0.2, -0.15) is 23.1 Å². The fraction of sp³-hybridized carbons (Fsp3) is 0.543. The van der Waals surface area contributed by atoms with Gasteiger partial charge in [0.2, 0.25) is 0 Å². The number of fused-ring (bicyclic) bond motifs is 6. The molecule has 5 fully saturated rings. The molecule has 0 amide bonds. The molecule has 3 aromatic rings. The lowest BCUT2D eigenvalue weighted by molar-refractivity contribution is -0.137. The van der Waals surface area contributed by atoms with Crippen molar-refractivity contribution in [2.24, 2.45) is 5.41 Å². The van der Waals surface area contributed by atoms with Crippen LogP contribution >= 0.6 is 11.6 Å². The zero-order chi connectivity index (χ0) is 34.4. The number of hydrogen-bond donors (Lipinski definition) is 2. The van der Waals surface area contributed by atoms with Crippen LogP contribution in [0.25, 0.3) is 27.6 Å². The van der Waals surface area contributed by atoms with Gasteiger partial charge in [0.15, 0.2) is 5.82 Å². The normalized spacial score (nSPS) is 31.4. The summed E-state index contributed by atoms with van der Waals surface area (Å²) in [5.41, 5.74) is 2.75. The Morgan fingerprint density at radius 3 is 2.67 bits per heavy atom. The second-order valence-corrected chi connectivity index (χ2v) is 15.5. The highest BCUT2D eigenvalue weighted by Gasteiger charge is 2.77. The Balaban J connectivity index is 1.24. The molecule has 2 bridgehead atoms. The molecule has 1 spiro atoms. The molecule has 9 rings (SSSR count). The first kappa shape index (κ1) is 31.7. The van der Waals surface area contributed by atoms with Crippen LogP contribution in [-0.2, 0) is 6.18 Å². The van der Waals surface area contributed by atoms with Gasteiger partial charge in [0.05, 0.1) is 26.9 Å². The van der Waals surface area contributed by atoms with Gasteiger partial charge in [0.1, 0.15) is 17.9 Å². The summed E-state index contributed by atoms with van der Waals surface area (Å²) < 4.78 is 96.2. The quantitative estimate of drug-likeness (QED) is 0.217. The van der Waals surface area contributed by atoms with Crippen LogP contribution in [0.15, 0.2) is 18.7 Å². The summed E-state index contributed by atoms with van der Waals surface area (Å²) in [6, 6.07) is 2.22. The minimum atomic E-state index is -4.84. The predicted octanol–water partition coefficient (Wildman–Crippen LogP) is 7.37. The summed E-state index contributed by atoms with van der Waals surface area (Å²) in [6.45, 7) is 7.15. The van der Waals surface area contributed by atoms with Crippen LogP contribution < -0.4 is 20.7 Å². The fourth-order valence-corrected chi connectivity index (χ4v) is 10.3. The monoisotopic (exact) mass is 704 g/mol. The second-order valence-electron chi connectivity index (χ2n) is 15.1. The Hall–Kier alpha value is -3.29. The molecule has 1 saturated carbocycles. The van der Waals surface area contributed by atoms with Crippen LogP contribution in [0.2, 0.25) is 5.02 Å². The third kappa shape index (κ3) is 4.49. The van der Waals surface area contributed by atoms with E-state index in [-0.39, 0.29) is 70.8 Å². The number of hydrogen-bond acceptors (Lipinski definition) is 7. The van der Waals surface area contributed by atoms with Gasteiger partial charge in [0.25, 0.3) is 5.92 Å². The third-order valence-electron chi connectivity index (χ3n) is 12.1. The van der Waals surface area contributed by atoms with Crippen molar-refractivity contribution in [2.75, 3.05) is 36.9 Å². The standard InChI is InChI=1S/C35H35ClF6N6O/c1-16-9-22-21-5-4-19(44-21)11-48(22)30-25-23(16)27(36)24(20-10-18(43)8-17(2)26(20)35(40,41)42)28(37)29(25)45-31(46-30)49-15-33-6-3-7-47(33)14-32(12-33)13-34(32,38)39/h8,10,19,21-22,44H,1,3-7,9,11-15,43H2,2H3/t19-,21?,22-,32+,33+/m1/s1. The number of aryl methyl sites for hydroxylation is 1. The maximum Gasteiger partial charge on any atom is 0.417 e. The van der Waals surface area contributed by atoms with Crippen LogP contribution in [0.1, 0.15) is 61.6 Å². The first-order valence-electron chi connectivity index (χ1n) is 16.8. The summed E-state index contributed by atoms with van der Waals surface area (Å²) >= 11 is 7.01. The highest BCUT2D eigenvalue weighted by molar-refractivity contribution is 6.37. The van der Waals surface area contributed by atoms with Crippen molar-refractivity contribution in [1.82, 2.24) is 20.2 Å². The fourth-order valence-electron chi connectivity index (χ4n) is 9.88. The van der Waals surface area contributed by atoms with Crippen molar-refractivity contribution in [3.63, 3.8) is 0 Å². The van der Waals surface area contributed by atoms with Crippen LogP contribution in [-0.4, -0.2) is 70.7 Å². The van der Waals surface area contributed by atoms with Gasteiger partial charge in [-0.15, -0.1) is 0 Å². The molecular weight excluding hydrogens is 670 g/mol. The van der Waals surface area contributed by atoms with E-state index in [1.807, 2.05) is 0 Å². The molecule has 1 unspecified atom stereocenters.